The molecule has 7 nitrogen and oxygen atoms in total. The summed E-state index contributed by atoms with van der Waals surface area (Å²) in [6, 6.07) is 13.4. The Morgan fingerprint density at radius 3 is 2.50 bits per heavy atom. The van der Waals surface area contributed by atoms with Crippen LogP contribution in [0, 0.1) is 0 Å². The molecular formula is C20H20ClN3O4. The summed E-state index contributed by atoms with van der Waals surface area (Å²) in [6.07, 6.45) is 0. The van der Waals surface area contributed by atoms with Crippen molar-refractivity contribution in [3.8, 4) is 5.75 Å². The Hall–Kier alpha value is -3.06. The predicted molar refractivity (Wildman–Crippen MR) is 104 cm³/mol. The molecule has 2 N–H and O–H groups in total. The Morgan fingerprint density at radius 2 is 1.86 bits per heavy atom. The number of halogens is 1. The molecule has 4 amide bonds. The summed E-state index contributed by atoms with van der Waals surface area (Å²) >= 11 is 6.19. The van der Waals surface area contributed by atoms with Crippen molar-refractivity contribution < 1.29 is 19.1 Å². The highest BCUT2D eigenvalue weighted by Gasteiger charge is 2.50. The van der Waals surface area contributed by atoms with Gasteiger partial charge in [-0.05, 0) is 30.7 Å². The van der Waals surface area contributed by atoms with Gasteiger partial charge in [-0.1, -0.05) is 41.9 Å². The van der Waals surface area contributed by atoms with Gasteiger partial charge in [-0.15, -0.1) is 0 Å². The van der Waals surface area contributed by atoms with Gasteiger partial charge in [-0.2, -0.15) is 0 Å². The third-order valence-corrected chi connectivity index (χ3v) is 4.97. The summed E-state index contributed by atoms with van der Waals surface area (Å²) in [7, 11) is 1.57. The number of methoxy groups -OCH3 is 1. The van der Waals surface area contributed by atoms with Gasteiger partial charge in [0.2, 0.25) is 5.91 Å². The minimum Gasteiger partial charge on any atom is -0.497 e. The van der Waals surface area contributed by atoms with Gasteiger partial charge in [0.25, 0.3) is 5.91 Å². The first-order valence-corrected chi connectivity index (χ1v) is 9.01. The van der Waals surface area contributed by atoms with Crippen LogP contribution in [0.15, 0.2) is 48.5 Å². The number of hydrogen-bond acceptors (Lipinski definition) is 4. The molecule has 3 rings (SSSR count). The second-order valence-corrected chi connectivity index (χ2v) is 6.96. The Kier molecular flexibility index (Phi) is 5.56. The Balaban J connectivity index is 1.65. The van der Waals surface area contributed by atoms with Gasteiger partial charge in [-0.3, -0.25) is 14.5 Å². The minimum atomic E-state index is -1.31. The van der Waals surface area contributed by atoms with Crippen LogP contribution in [-0.4, -0.2) is 36.4 Å². The summed E-state index contributed by atoms with van der Waals surface area (Å²) in [4.78, 5) is 38.3. The van der Waals surface area contributed by atoms with Gasteiger partial charge in [0, 0.05) is 17.1 Å². The number of carbonyl (C=O) groups is 3. The van der Waals surface area contributed by atoms with E-state index in [1.165, 1.54) is 0 Å². The molecule has 2 aromatic carbocycles. The molecular weight excluding hydrogens is 382 g/mol. The molecule has 1 saturated heterocycles. The van der Waals surface area contributed by atoms with E-state index in [9.17, 15) is 14.4 Å². The lowest BCUT2D eigenvalue weighted by atomic mass is 9.92. The second kappa shape index (κ2) is 7.90. The van der Waals surface area contributed by atoms with E-state index in [2.05, 4.69) is 10.6 Å². The van der Waals surface area contributed by atoms with E-state index in [1.54, 1.807) is 50.4 Å². The van der Waals surface area contributed by atoms with Crippen LogP contribution in [0.1, 0.15) is 18.1 Å². The highest BCUT2D eigenvalue weighted by atomic mass is 35.5. The van der Waals surface area contributed by atoms with Gasteiger partial charge in [0.15, 0.2) is 0 Å². The molecule has 0 radical (unpaired) electrons. The average molecular weight is 402 g/mol. The predicted octanol–water partition coefficient (Wildman–Crippen LogP) is 2.43. The SMILES string of the molecule is COc1ccc(CNC(=O)CN2C(=O)N[C@@](C)(c3ccccc3Cl)C2=O)cc1. The van der Waals surface area contributed by atoms with Crippen LogP contribution in [-0.2, 0) is 21.7 Å². The van der Waals surface area contributed by atoms with E-state index in [0.29, 0.717) is 16.3 Å². The first-order chi connectivity index (χ1) is 13.3. The van der Waals surface area contributed by atoms with Crippen LogP contribution >= 0.6 is 11.6 Å². The molecule has 0 saturated carbocycles. The number of benzene rings is 2. The maximum absolute atomic E-state index is 12.9. The maximum Gasteiger partial charge on any atom is 0.325 e. The molecule has 1 atom stereocenters. The molecule has 28 heavy (non-hydrogen) atoms. The van der Waals surface area contributed by atoms with E-state index in [-0.39, 0.29) is 13.1 Å². The zero-order chi connectivity index (χ0) is 20.3. The molecule has 1 heterocycles. The number of ether oxygens (including phenoxy) is 1. The van der Waals surface area contributed by atoms with Gasteiger partial charge in [0.05, 0.1) is 7.11 Å². The molecule has 1 aliphatic rings. The molecule has 0 bridgehead atoms. The fraction of sp³-hybridized carbons (Fsp3) is 0.250. The molecule has 1 fully saturated rings. The zero-order valence-corrected chi connectivity index (χ0v) is 16.2. The fourth-order valence-corrected chi connectivity index (χ4v) is 3.36. The van der Waals surface area contributed by atoms with Crippen molar-refractivity contribution in [2.45, 2.75) is 19.0 Å². The molecule has 8 heteroatoms. The first-order valence-electron chi connectivity index (χ1n) is 8.64. The quantitative estimate of drug-likeness (QED) is 0.728. The van der Waals surface area contributed by atoms with E-state index < -0.39 is 23.4 Å². The molecule has 0 aliphatic carbocycles. The zero-order valence-electron chi connectivity index (χ0n) is 15.5. The van der Waals surface area contributed by atoms with Crippen molar-refractivity contribution >= 4 is 29.4 Å². The monoisotopic (exact) mass is 401 g/mol. The molecule has 0 spiro atoms. The molecule has 0 unspecified atom stereocenters. The topological polar surface area (TPSA) is 87.7 Å². The normalized spacial score (nSPS) is 18.8. The second-order valence-electron chi connectivity index (χ2n) is 6.55. The van der Waals surface area contributed by atoms with Crippen molar-refractivity contribution in [2.24, 2.45) is 0 Å². The van der Waals surface area contributed by atoms with E-state index in [1.807, 2.05) is 12.1 Å². The number of amides is 4. The van der Waals surface area contributed by atoms with Crippen LogP contribution in [0.4, 0.5) is 4.79 Å². The van der Waals surface area contributed by atoms with Gasteiger partial charge < -0.3 is 15.4 Å². The Bertz CT molecular complexity index is 916. The van der Waals surface area contributed by atoms with Crippen LogP contribution < -0.4 is 15.4 Å². The van der Waals surface area contributed by atoms with Crippen molar-refractivity contribution in [1.82, 2.24) is 15.5 Å². The largest absolute Gasteiger partial charge is 0.497 e. The summed E-state index contributed by atoms with van der Waals surface area (Å²) in [5.74, 6) is -0.249. The highest BCUT2D eigenvalue weighted by molar-refractivity contribution is 6.32. The molecule has 146 valence electrons. The summed E-state index contributed by atoms with van der Waals surface area (Å²) in [6.45, 7) is 1.47. The number of nitrogens with one attached hydrogen (secondary N) is 2. The van der Waals surface area contributed by atoms with Crippen LogP contribution in [0.2, 0.25) is 5.02 Å². The maximum atomic E-state index is 12.9. The van der Waals surface area contributed by atoms with Gasteiger partial charge >= 0.3 is 6.03 Å². The number of hydrogen-bond donors (Lipinski definition) is 2. The molecule has 1 aliphatic heterocycles. The highest BCUT2D eigenvalue weighted by Crippen LogP contribution is 2.33. The lowest BCUT2D eigenvalue weighted by Crippen LogP contribution is -2.43. The number of carbonyl (C=O) groups excluding carboxylic acids is 3. The van der Waals surface area contributed by atoms with Crippen molar-refractivity contribution in [2.75, 3.05) is 13.7 Å². The van der Waals surface area contributed by atoms with E-state index in [4.69, 9.17) is 16.3 Å². The van der Waals surface area contributed by atoms with Crippen LogP contribution in [0.5, 0.6) is 5.75 Å². The lowest BCUT2D eigenvalue weighted by Gasteiger charge is -2.23. The van der Waals surface area contributed by atoms with Gasteiger partial charge in [-0.25, -0.2) is 4.79 Å². The smallest absolute Gasteiger partial charge is 0.325 e. The van der Waals surface area contributed by atoms with Crippen molar-refractivity contribution in [3.05, 3.63) is 64.7 Å². The van der Waals surface area contributed by atoms with Crippen LogP contribution in [0.25, 0.3) is 0 Å². The van der Waals surface area contributed by atoms with Crippen molar-refractivity contribution in [3.63, 3.8) is 0 Å². The van der Waals surface area contributed by atoms with Crippen molar-refractivity contribution in [1.29, 1.82) is 0 Å². The van der Waals surface area contributed by atoms with Gasteiger partial charge in [0.1, 0.15) is 17.8 Å². The average Bonchev–Trinajstić information content (AvgIpc) is 2.91. The summed E-state index contributed by atoms with van der Waals surface area (Å²) in [5, 5.41) is 5.71. The number of rotatable bonds is 6. The first kappa shape index (κ1) is 19.7. The number of imide groups is 1. The van der Waals surface area contributed by atoms with E-state index in [0.717, 1.165) is 10.5 Å². The van der Waals surface area contributed by atoms with E-state index >= 15 is 0 Å². The molecule has 0 aromatic heterocycles. The lowest BCUT2D eigenvalue weighted by molar-refractivity contribution is -0.134. The fourth-order valence-electron chi connectivity index (χ4n) is 3.03. The Morgan fingerprint density at radius 1 is 1.18 bits per heavy atom. The minimum absolute atomic E-state index is 0.272. The summed E-state index contributed by atoms with van der Waals surface area (Å²) in [5.41, 5.74) is 0.0366. The Labute approximate surface area is 167 Å². The third kappa shape index (κ3) is 3.80. The molecule has 2 aromatic rings. The van der Waals surface area contributed by atoms with Crippen LogP contribution in [0.3, 0.4) is 0 Å². The summed E-state index contributed by atoms with van der Waals surface area (Å²) < 4.78 is 5.09. The third-order valence-electron chi connectivity index (χ3n) is 4.64. The standard InChI is InChI=1S/C20H20ClN3O4/c1-20(15-5-3-4-6-16(15)21)18(26)24(19(27)23-20)12-17(25)22-11-13-7-9-14(28-2)10-8-13/h3-10H,11-12H2,1-2H3,(H,22,25)(H,23,27)/t20-/m0/s1. The number of nitrogens with zero attached hydrogens (tertiary/aromatic N) is 1. The number of urea groups is 1.